The summed E-state index contributed by atoms with van der Waals surface area (Å²) in [6, 6.07) is 28.2. The molecular weight excluding hydrogens is 322 g/mol. The minimum atomic E-state index is -0.301. The summed E-state index contributed by atoms with van der Waals surface area (Å²) in [7, 11) is 0. The van der Waals surface area contributed by atoms with Crippen LogP contribution in [0.2, 0.25) is 0 Å². The maximum atomic E-state index is 11.9. The number of imide groups is 1. The van der Waals surface area contributed by atoms with Gasteiger partial charge in [0.15, 0.2) is 0 Å². The Hall–Kier alpha value is -3.46. The molecule has 3 heteroatoms. The number of hydrogen-bond donors (Lipinski definition) is 0. The molecule has 0 aromatic heterocycles. The van der Waals surface area contributed by atoms with Gasteiger partial charge in [-0.05, 0) is 28.8 Å². The third-order valence-electron chi connectivity index (χ3n) is 4.56. The normalized spacial score (nSPS) is 13.7. The smallest absolute Gasteiger partial charge is 0.258 e. The Morgan fingerprint density at radius 1 is 0.538 bits per heavy atom. The van der Waals surface area contributed by atoms with Crippen LogP contribution in [0.15, 0.2) is 97.1 Å². The lowest BCUT2D eigenvalue weighted by atomic mass is 9.85. The number of amides is 2. The molecule has 0 unspecified atom stereocenters. The van der Waals surface area contributed by atoms with Crippen LogP contribution in [0, 0.1) is 0 Å². The first-order valence-electron chi connectivity index (χ1n) is 8.50. The second-order valence-corrected chi connectivity index (χ2v) is 6.19. The zero-order valence-electron chi connectivity index (χ0n) is 14.1. The number of rotatable bonds is 4. The lowest BCUT2D eigenvalue weighted by Gasteiger charge is -2.20. The number of anilines is 1. The Balaban J connectivity index is 1.73. The fourth-order valence-corrected chi connectivity index (χ4v) is 3.34. The van der Waals surface area contributed by atoms with E-state index in [1.807, 2.05) is 60.7 Å². The van der Waals surface area contributed by atoms with Gasteiger partial charge < -0.3 is 0 Å². The Morgan fingerprint density at radius 3 is 1.42 bits per heavy atom. The molecule has 3 aromatic carbocycles. The molecule has 3 nitrogen and oxygen atoms in total. The summed E-state index contributed by atoms with van der Waals surface area (Å²) in [5.74, 6) is -0.509. The van der Waals surface area contributed by atoms with Gasteiger partial charge in [0.2, 0.25) is 0 Å². The van der Waals surface area contributed by atoms with Crippen LogP contribution in [0.3, 0.4) is 0 Å². The van der Waals surface area contributed by atoms with Crippen molar-refractivity contribution in [3.05, 3.63) is 114 Å². The quantitative estimate of drug-likeness (QED) is 0.525. The van der Waals surface area contributed by atoms with E-state index >= 15 is 0 Å². The lowest BCUT2D eigenvalue weighted by Crippen LogP contribution is -2.29. The highest BCUT2D eigenvalue weighted by molar-refractivity contribution is 6.28. The van der Waals surface area contributed by atoms with Crippen LogP contribution in [-0.4, -0.2) is 11.8 Å². The summed E-state index contributed by atoms with van der Waals surface area (Å²) >= 11 is 0. The maximum absolute atomic E-state index is 11.9. The average molecular weight is 339 g/mol. The van der Waals surface area contributed by atoms with Gasteiger partial charge in [-0.25, -0.2) is 4.90 Å². The van der Waals surface area contributed by atoms with Crippen molar-refractivity contribution in [1.29, 1.82) is 0 Å². The van der Waals surface area contributed by atoms with E-state index in [9.17, 15) is 9.59 Å². The van der Waals surface area contributed by atoms with Crippen molar-refractivity contribution in [2.75, 3.05) is 4.90 Å². The highest BCUT2D eigenvalue weighted by Gasteiger charge is 2.25. The van der Waals surface area contributed by atoms with Gasteiger partial charge in [-0.15, -0.1) is 0 Å². The number of hydrogen-bond acceptors (Lipinski definition) is 2. The van der Waals surface area contributed by atoms with Crippen molar-refractivity contribution >= 4 is 17.5 Å². The topological polar surface area (TPSA) is 37.4 Å². The van der Waals surface area contributed by atoms with Crippen LogP contribution in [0.1, 0.15) is 22.6 Å². The molecule has 0 atom stereocenters. The van der Waals surface area contributed by atoms with Gasteiger partial charge in [-0.1, -0.05) is 72.8 Å². The van der Waals surface area contributed by atoms with E-state index in [2.05, 4.69) is 24.3 Å². The van der Waals surface area contributed by atoms with Crippen LogP contribution in [0.25, 0.3) is 0 Å². The molecule has 0 aliphatic carbocycles. The predicted molar refractivity (Wildman–Crippen MR) is 102 cm³/mol. The van der Waals surface area contributed by atoms with E-state index in [4.69, 9.17) is 0 Å². The first-order valence-corrected chi connectivity index (χ1v) is 8.50. The van der Waals surface area contributed by atoms with Crippen molar-refractivity contribution in [3.8, 4) is 0 Å². The number of nitrogens with zero attached hydrogens (tertiary/aromatic N) is 1. The van der Waals surface area contributed by atoms with E-state index in [1.54, 1.807) is 0 Å². The first-order chi connectivity index (χ1) is 12.7. The standard InChI is InChI=1S/C23H17NO2/c25-21-15-16-22(26)24(21)20-13-11-19(12-14-20)23(17-7-3-1-4-8-17)18-9-5-2-6-10-18/h1-16,23H. The third-order valence-corrected chi connectivity index (χ3v) is 4.56. The highest BCUT2D eigenvalue weighted by atomic mass is 16.2. The van der Waals surface area contributed by atoms with Gasteiger partial charge in [0.05, 0.1) is 5.69 Å². The monoisotopic (exact) mass is 339 g/mol. The fraction of sp³-hybridized carbons (Fsp3) is 0.0435. The number of carbonyl (C=O) groups is 2. The van der Waals surface area contributed by atoms with E-state index < -0.39 is 0 Å². The molecule has 0 saturated heterocycles. The molecule has 0 radical (unpaired) electrons. The minimum Gasteiger partial charge on any atom is -0.269 e. The van der Waals surface area contributed by atoms with Gasteiger partial charge in [-0.2, -0.15) is 0 Å². The molecule has 0 bridgehead atoms. The zero-order chi connectivity index (χ0) is 17.9. The van der Waals surface area contributed by atoms with Crippen molar-refractivity contribution in [3.63, 3.8) is 0 Å². The lowest BCUT2D eigenvalue weighted by molar-refractivity contribution is -0.119. The summed E-state index contributed by atoms with van der Waals surface area (Å²) in [5.41, 5.74) is 4.09. The molecule has 0 N–H and O–H groups in total. The molecule has 1 aliphatic rings. The molecule has 0 fully saturated rings. The van der Waals surface area contributed by atoms with Crippen LogP contribution in [0.5, 0.6) is 0 Å². The molecule has 2 amide bonds. The second kappa shape index (κ2) is 6.81. The van der Waals surface area contributed by atoms with Gasteiger partial charge in [0, 0.05) is 18.1 Å². The molecule has 126 valence electrons. The van der Waals surface area contributed by atoms with Gasteiger partial charge >= 0.3 is 0 Å². The molecule has 4 rings (SSSR count). The third kappa shape index (κ3) is 2.95. The highest BCUT2D eigenvalue weighted by Crippen LogP contribution is 2.33. The summed E-state index contributed by atoms with van der Waals surface area (Å²) < 4.78 is 0. The minimum absolute atomic E-state index is 0.0922. The van der Waals surface area contributed by atoms with Crippen LogP contribution >= 0.6 is 0 Å². The van der Waals surface area contributed by atoms with Crippen LogP contribution in [-0.2, 0) is 9.59 Å². The van der Waals surface area contributed by atoms with Crippen molar-refractivity contribution in [2.45, 2.75) is 5.92 Å². The molecule has 3 aromatic rings. The number of benzene rings is 3. The largest absolute Gasteiger partial charge is 0.269 e. The molecule has 1 heterocycles. The summed E-state index contributed by atoms with van der Waals surface area (Å²) in [6.45, 7) is 0. The maximum Gasteiger partial charge on any atom is 0.258 e. The van der Waals surface area contributed by atoms with E-state index in [-0.39, 0.29) is 17.7 Å². The van der Waals surface area contributed by atoms with E-state index in [1.165, 1.54) is 28.2 Å². The van der Waals surface area contributed by atoms with Crippen LogP contribution < -0.4 is 4.90 Å². The summed E-state index contributed by atoms with van der Waals surface area (Å²) in [6.07, 6.45) is 2.60. The second-order valence-electron chi connectivity index (χ2n) is 6.19. The molecule has 0 saturated carbocycles. The van der Waals surface area contributed by atoms with E-state index in [0.29, 0.717) is 5.69 Å². The van der Waals surface area contributed by atoms with Gasteiger partial charge in [-0.3, -0.25) is 9.59 Å². The predicted octanol–water partition coefficient (Wildman–Crippen LogP) is 4.30. The fourth-order valence-electron chi connectivity index (χ4n) is 3.34. The molecule has 0 spiro atoms. The van der Waals surface area contributed by atoms with Crippen LogP contribution in [0.4, 0.5) is 5.69 Å². The van der Waals surface area contributed by atoms with Crippen molar-refractivity contribution in [1.82, 2.24) is 0 Å². The molecule has 1 aliphatic heterocycles. The number of carbonyl (C=O) groups excluding carboxylic acids is 2. The van der Waals surface area contributed by atoms with Gasteiger partial charge in [0.1, 0.15) is 0 Å². The zero-order valence-corrected chi connectivity index (χ0v) is 14.1. The SMILES string of the molecule is O=C1C=CC(=O)N1c1ccc(C(c2ccccc2)c2ccccc2)cc1. The molecule has 26 heavy (non-hydrogen) atoms. The van der Waals surface area contributed by atoms with Gasteiger partial charge in [0.25, 0.3) is 11.8 Å². The summed E-state index contributed by atoms with van der Waals surface area (Å²) in [5, 5.41) is 0. The Morgan fingerprint density at radius 2 is 0.962 bits per heavy atom. The summed E-state index contributed by atoms with van der Waals surface area (Å²) in [4.78, 5) is 24.9. The van der Waals surface area contributed by atoms with E-state index in [0.717, 1.165) is 5.56 Å². The van der Waals surface area contributed by atoms with Crippen molar-refractivity contribution in [2.24, 2.45) is 0 Å². The Bertz CT molecular complexity index is 903. The van der Waals surface area contributed by atoms with Crippen molar-refractivity contribution < 1.29 is 9.59 Å². The molecular formula is C23H17NO2. The average Bonchev–Trinajstić information content (AvgIpc) is 3.03. The first kappa shape index (κ1) is 16.0. The Labute approximate surface area is 152 Å². The Kier molecular flexibility index (Phi) is 4.20.